The minimum Gasteiger partial charge on any atom is -0.476 e. The summed E-state index contributed by atoms with van der Waals surface area (Å²) >= 11 is 1.62. The zero-order valence-corrected chi connectivity index (χ0v) is 20.0. The van der Waals surface area contributed by atoms with Gasteiger partial charge < -0.3 is 13.9 Å². The zero-order chi connectivity index (χ0) is 23.5. The second kappa shape index (κ2) is 9.25. The van der Waals surface area contributed by atoms with E-state index in [0.29, 0.717) is 17.1 Å². The first-order valence-electron chi connectivity index (χ1n) is 10.3. The average molecular weight is 453 g/mol. The molecule has 6 heteroatoms. The van der Waals surface area contributed by atoms with Gasteiger partial charge in [0.15, 0.2) is 11.4 Å². The number of hydrogen-bond donors (Lipinski definition) is 0. The number of carbonyl (C=O) groups excluding carboxylic acids is 2. The van der Waals surface area contributed by atoms with Crippen molar-refractivity contribution in [2.75, 3.05) is 6.26 Å². The molecule has 3 rings (SSSR count). The van der Waals surface area contributed by atoms with Gasteiger partial charge in [0.2, 0.25) is 5.78 Å². The van der Waals surface area contributed by atoms with Crippen molar-refractivity contribution in [2.24, 2.45) is 0 Å². The van der Waals surface area contributed by atoms with Gasteiger partial charge in [0, 0.05) is 10.3 Å². The van der Waals surface area contributed by atoms with Gasteiger partial charge in [-0.3, -0.25) is 4.79 Å². The van der Waals surface area contributed by atoms with Gasteiger partial charge in [-0.2, -0.15) is 0 Å². The highest BCUT2D eigenvalue weighted by atomic mass is 32.2. The van der Waals surface area contributed by atoms with Crippen LogP contribution in [0, 0.1) is 0 Å². The van der Waals surface area contributed by atoms with Crippen LogP contribution in [-0.2, 0) is 9.53 Å². The standard InChI is InChI=1S/C26H28O5S/c1-25(2,3)31-24(28)26(4,5)30-19-11-7-17(8-12-19)9-14-21(27)23-15-18-10-13-20(32-6)16-22(18)29-23/h7-16H,1-6H3/b14-9+. The molecular formula is C26H28O5S. The summed E-state index contributed by atoms with van der Waals surface area (Å²) in [6, 6.07) is 14.8. The van der Waals surface area contributed by atoms with Gasteiger partial charge in [-0.1, -0.05) is 18.2 Å². The Bertz CT molecular complexity index is 1150. The third-order valence-electron chi connectivity index (χ3n) is 4.54. The normalized spacial score (nSPS) is 12.3. The lowest BCUT2D eigenvalue weighted by Crippen LogP contribution is -2.43. The number of thioether (sulfide) groups is 1. The van der Waals surface area contributed by atoms with Gasteiger partial charge in [-0.25, -0.2) is 4.79 Å². The van der Waals surface area contributed by atoms with Crippen molar-refractivity contribution in [1.29, 1.82) is 0 Å². The van der Waals surface area contributed by atoms with E-state index >= 15 is 0 Å². The Morgan fingerprint density at radius 3 is 2.28 bits per heavy atom. The molecule has 32 heavy (non-hydrogen) atoms. The Labute approximate surface area is 192 Å². The van der Waals surface area contributed by atoms with Crippen molar-refractivity contribution in [3.8, 4) is 5.75 Å². The van der Waals surface area contributed by atoms with E-state index in [1.165, 1.54) is 6.08 Å². The minimum atomic E-state index is -1.13. The fraction of sp³-hybridized carbons (Fsp3) is 0.308. The number of furan rings is 1. The first-order chi connectivity index (χ1) is 15.0. The maximum atomic E-state index is 12.5. The monoisotopic (exact) mass is 452 g/mol. The van der Waals surface area contributed by atoms with E-state index in [1.807, 2.05) is 57.4 Å². The summed E-state index contributed by atoms with van der Waals surface area (Å²) in [7, 11) is 0. The first kappa shape index (κ1) is 23.7. The molecule has 5 nitrogen and oxygen atoms in total. The number of rotatable bonds is 7. The van der Waals surface area contributed by atoms with Crippen molar-refractivity contribution < 1.29 is 23.5 Å². The molecule has 0 radical (unpaired) electrons. The molecule has 0 aliphatic rings. The maximum Gasteiger partial charge on any atom is 0.350 e. The molecule has 168 valence electrons. The number of hydrogen-bond acceptors (Lipinski definition) is 6. The SMILES string of the molecule is CSc1ccc2cc(C(=O)/C=C/c3ccc(OC(C)(C)C(=O)OC(C)(C)C)cc3)oc2c1. The summed E-state index contributed by atoms with van der Waals surface area (Å²) in [6.07, 6.45) is 5.19. The number of benzene rings is 2. The summed E-state index contributed by atoms with van der Waals surface area (Å²) in [5.41, 5.74) is -0.196. The van der Waals surface area contributed by atoms with Crippen molar-refractivity contribution in [3.05, 3.63) is 65.9 Å². The molecule has 0 aliphatic heterocycles. The quantitative estimate of drug-likeness (QED) is 0.175. The van der Waals surface area contributed by atoms with Crippen LogP contribution in [0.5, 0.6) is 5.75 Å². The smallest absolute Gasteiger partial charge is 0.350 e. The van der Waals surface area contributed by atoms with Crippen LogP contribution in [0.4, 0.5) is 0 Å². The minimum absolute atomic E-state index is 0.210. The molecule has 0 fully saturated rings. The van der Waals surface area contributed by atoms with Gasteiger partial charge in [-0.15, -0.1) is 11.8 Å². The largest absolute Gasteiger partial charge is 0.476 e. The fourth-order valence-electron chi connectivity index (χ4n) is 2.90. The van der Waals surface area contributed by atoms with Crippen LogP contribution in [0.1, 0.15) is 50.7 Å². The summed E-state index contributed by atoms with van der Waals surface area (Å²) in [5.74, 6) is 0.188. The number of allylic oxidation sites excluding steroid dienone is 1. The summed E-state index contributed by atoms with van der Waals surface area (Å²) in [6.45, 7) is 8.79. The fourth-order valence-corrected chi connectivity index (χ4v) is 3.33. The summed E-state index contributed by atoms with van der Waals surface area (Å²) < 4.78 is 17.0. The van der Waals surface area contributed by atoms with Gasteiger partial charge >= 0.3 is 5.97 Å². The Morgan fingerprint density at radius 1 is 0.969 bits per heavy atom. The molecule has 0 spiro atoms. The highest BCUT2D eigenvalue weighted by molar-refractivity contribution is 7.98. The molecule has 0 bridgehead atoms. The second-order valence-electron chi connectivity index (χ2n) is 8.90. The summed E-state index contributed by atoms with van der Waals surface area (Å²) in [4.78, 5) is 26.0. The third-order valence-corrected chi connectivity index (χ3v) is 5.27. The molecule has 0 saturated carbocycles. The van der Waals surface area contributed by atoms with E-state index < -0.39 is 17.2 Å². The van der Waals surface area contributed by atoms with Crippen molar-refractivity contribution in [1.82, 2.24) is 0 Å². The molecule has 3 aromatic rings. The number of fused-ring (bicyclic) bond motifs is 1. The van der Waals surface area contributed by atoms with Gasteiger partial charge in [0.25, 0.3) is 0 Å². The molecule has 0 aliphatic carbocycles. The zero-order valence-electron chi connectivity index (χ0n) is 19.2. The molecule has 1 heterocycles. The third kappa shape index (κ3) is 6.04. The van der Waals surface area contributed by atoms with E-state index in [-0.39, 0.29) is 5.78 Å². The van der Waals surface area contributed by atoms with Crippen LogP contribution < -0.4 is 4.74 Å². The van der Waals surface area contributed by atoms with Crippen LogP contribution >= 0.6 is 11.8 Å². The van der Waals surface area contributed by atoms with Gasteiger partial charge in [0.1, 0.15) is 16.9 Å². The van der Waals surface area contributed by atoms with Crippen molar-refractivity contribution >= 4 is 40.6 Å². The molecule has 0 N–H and O–H groups in total. The second-order valence-corrected chi connectivity index (χ2v) is 9.77. The molecular weight excluding hydrogens is 424 g/mol. The predicted molar refractivity (Wildman–Crippen MR) is 128 cm³/mol. The number of ketones is 1. The molecule has 0 saturated heterocycles. The van der Waals surface area contributed by atoms with Crippen LogP contribution in [0.2, 0.25) is 0 Å². The van der Waals surface area contributed by atoms with Crippen molar-refractivity contribution in [3.63, 3.8) is 0 Å². The summed E-state index contributed by atoms with van der Waals surface area (Å²) in [5, 5.41) is 0.897. The first-order valence-corrected chi connectivity index (χ1v) is 11.5. The van der Waals surface area contributed by atoms with Crippen LogP contribution in [0.25, 0.3) is 17.0 Å². The van der Waals surface area contributed by atoms with E-state index in [4.69, 9.17) is 13.9 Å². The Morgan fingerprint density at radius 2 is 1.66 bits per heavy atom. The molecule has 0 amide bonds. The lowest BCUT2D eigenvalue weighted by atomic mass is 10.1. The average Bonchev–Trinajstić information content (AvgIpc) is 3.15. The van der Waals surface area contributed by atoms with Gasteiger partial charge in [-0.05, 0) is 88.9 Å². The number of ether oxygens (including phenoxy) is 2. The van der Waals surface area contributed by atoms with Crippen LogP contribution in [0.3, 0.4) is 0 Å². The van der Waals surface area contributed by atoms with Crippen LogP contribution in [-0.4, -0.2) is 29.2 Å². The molecule has 2 aromatic carbocycles. The number of carbonyl (C=O) groups is 2. The van der Waals surface area contributed by atoms with E-state index in [9.17, 15) is 9.59 Å². The highest BCUT2D eigenvalue weighted by Crippen LogP contribution is 2.26. The molecule has 0 unspecified atom stereocenters. The van der Waals surface area contributed by atoms with E-state index in [2.05, 4.69) is 0 Å². The Hall–Kier alpha value is -2.99. The lowest BCUT2D eigenvalue weighted by Gasteiger charge is -2.29. The molecule has 0 atom stereocenters. The maximum absolute atomic E-state index is 12.5. The molecule has 1 aromatic heterocycles. The lowest BCUT2D eigenvalue weighted by molar-refractivity contribution is -0.170. The highest BCUT2D eigenvalue weighted by Gasteiger charge is 2.34. The van der Waals surface area contributed by atoms with Crippen molar-refractivity contribution in [2.45, 2.75) is 50.7 Å². The van der Waals surface area contributed by atoms with E-state index in [0.717, 1.165) is 15.8 Å². The topological polar surface area (TPSA) is 65.7 Å². The predicted octanol–water partition coefficient (Wildman–Crippen LogP) is 6.55. The van der Waals surface area contributed by atoms with Crippen LogP contribution in [0.15, 0.2) is 63.9 Å². The van der Waals surface area contributed by atoms with Gasteiger partial charge in [0.05, 0.1) is 0 Å². The Balaban J connectivity index is 1.66. The van der Waals surface area contributed by atoms with E-state index in [1.54, 1.807) is 49.9 Å². The number of esters is 1. The Kier molecular flexibility index (Phi) is 6.84.